The smallest absolute Gasteiger partial charge is 0.147 e. The summed E-state index contributed by atoms with van der Waals surface area (Å²) in [4.78, 5) is 4.29. The van der Waals surface area contributed by atoms with E-state index in [1.54, 1.807) is 0 Å². The van der Waals surface area contributed by atoms with E-state index in [1.165, 1.54) is 5.56 Å². The van der Waals surface area contributed by atoms with Crippen molar-refractivity contribution in [2.24, 2.45) is 5.41 Å². The highest BCUT2D eigenvalue weighted by atomic mass is 35.5. The quantitative estimate of drug-likeness (QED) is 0.630. The Hall–Kier alpha value is -1.07. The third-order valence-electron chi connectivity index (χ3n) is 2.97. The average molecular weight is 221 g/mol. The molecule has 1 aliphatic carbocycles. The monoisotopic (exact) mass is 220 g/mol. The van der Waals surface area contributed by atoms with Crippen LogP contribution in [0.5, 0.6) is 0 Å². The van der Waals surface area contributed by atoms with Crippen LogP contribution in [0.4, 0.5) is 0 Å². The number of aromatic nitrogens is 1. The van der Waals surface area contributed by atoms with Crippen molar-refractivity contribution in [3.8, 4) is 6.07 Å². The van der Waals surface area contributed by atoms with Gasteiger partial charge in [-0.1, -0.05) is 25.4 Å². The topological polar surface area (TPSA) is 36.7 Å². The largest absolute Gasteiger partial charge is 0.239 e. The molecule has 0 N–H and O–H groups in total. The van der Waals surface area contributed by atoms with Crippen LogP contribution in [0.3, 0.4) is 0 Å². The lowest BCUT2D eigenvalue weighted by Crippen LogP contribution is -2.23. The Morgan fingerprint density at radius 2 is 2.27 bits per heavy atom. The fourth-order valence-electron chi connectivity index (χ4n) is 2.08. The minimum Gasteiger partial charge on any atom is -0.239 e. The second kappa shape index (κ2) is 3.50. The van der Waals surface area contributed by atoms with Crippen molar-refractivity contribution in [1.82, 2.24) is 4.98 Å². The van der Waals surface area contributed by atoms with E-state index < -0.39 is 0 Å². The van der Waals surface area contributed by atoms with Gasteiger partial charge in [0, 0.05) is 5.69 Å². The zero-order chi connectivity index (χ0) is 11.1. The van der Waals surface area contributed by atoms with Crippen molar-refractivity contribution in [2.75, 3.05) is 0 Å². The van der Waals surface area contributed by atoms with Crippen LogP contribution in [0, 0.1) is 16.7 Å². The molecule has 0 unspecified atom stereocenters. The van der Waals surface area contributed by atoms with Crippen LogP contribution in [-0.4, -0.2) is 4.98 Å². The lowest BCUT2D eigenvalue weighted by molar-refractivity contribution is 0.312. The molecule has 1 aromatic heterocycles. The summed E-state index contributed by atoms with van der Waals surface area (Å²) < 4.78 is 0. The van der Waals surface area contributed by atoms with Crippen LogP contribution in [0.2, 0.25) is 5.15 Å². The molecule has 0 saturated carbocycles. The summed E-state index contributed by atoms with van der Waals surface area (Å²) in [6.45, 7) is 4.49. The van der Waals surface area contributed by atoms with Crippen molar-refractivity contribution in [3.63, 3.8) is 0 Å². The van der Waals surface area contributed by atoms with E-state index in [1.807, 2.05) is 6.07 Å². The number of hydrogen-bond donors (Lipinski definition) is 0. The van der Waals surface area contributed by atoms with Crippen LogP contribution < -0.4 is 0 Å². The second-order valence-electron chi connectivity index (χ2n) is 4.89. The molecule has 2 rings (SSSR count). The molecule has 3 heteroatoms. The Labute approximate surface area is 94.9 Å². The molecule has 78 valence electrons. The van der Waals surface area contributed by atoms with Gasteiger partial charge in [0.1, 0.15) is 11.2 Å². The highest BCUT2D eigenvalue weighted by molar-refractivity contribution is 6.30. The van der Waals surface area contributed by atoms with Gasteiger partial charge in [-0.05, 0) is 36.3 Å². The molecule has 0 bridgehead atoms. The summed E-state index contributed by atoms with van der Waals surface area (Å²) in [5.41, 5.74) is 3.06. The number of halogens is 1. The molecule has 15 heavy (non-hydrogen) atoms. The first kappa shape index (κ1) is 10.4. The first-order valence-electron chi connectivity index (χ1n) is 5.10. The van der Waals surface area contributed by atoms with Gasteiger partial charge in [-0.25, -0.2) is 4.98 Å². The highest BCUT2D eigenvalue weighted by Crippen LogP contribution is 2.35. The van der Waals surface area contributed by atoms with Crippen molar-refractivity contribution < 1.29 is 0 Å². The number of rotatable bonds is 0. The summed E-state index contributed by atoms with van der Waals surface area (Å²) in [5, 5.41) is 9.22. The van der Waals surface area contributed by atoms with Crippen LogP contribution in [0.15, 0.2) is 6.07 Å². The van der Waals surface area contributed by atoms with E-state index >= 15 is 0 Å². The van der Waals surface area contributed by atoms with E-state index in [9.17, 15) is 0 Å². The number of fused-ring (bicyclic) bond motifs is 1. The van der Waals surface area contributed by atoms with Gasteiger partial charge in [-0.2, -0.15) is 5.26 Å². The van der Waals surface area contributed by atoms with Crippen molar-refractivity contribution in [3.05, 3.63) is 28.0 Å². The molecule has 1 aromatic rings. The molecule has 0 saturated heterocycles. The molecule has 0 amide bonds. The predicted octanol–water partition coefficient (Wildman–Crippen LogP) is 3.12. The molecule has 0 radical (unpaired) electrons. The fraction of sp³-hybridized carbons (Fsp3) is 0.500. The Kier molecular flexibility index (Phi) is 2.44. The molecule has 1 aliphatic rings. The molecule has 1 heterocycles. The summed E-state index contributed by atoms with van der Waals surface area (Å²) in [5.74, 6) is 0. The maximum absolute atomic E-state index is 8.88. The molecule has 2 nitrogen and oxygen atoms in total. The standard InChI is InChI=1S/C12H13ClN2/c1-12(2)4-3-10-8(6-12)5-9(7-14)11(13)15-10/h5H,3-4,6H2,1-2H3. The molecular formula is C12H13ClN2. The van der Waals surface area contributed by atoms with E-state index in [4.69, 9.17) is 16.9 Å². The molecule has 0 atom stereocenters. The lowest BCUT2D eigenvalue weighted by Gasteiger charge is -2.30. The molecule has 0 aromatic carbocycles. The third-order valence-corrected chi connectivity index (χ3v) is 3.26. The third kappa shape index (κ3) is 1.98. The van der Waals surface area contributed by atoms with Gasteiger partial charge >= 0.3 is 0 Å². The van der Waals surface area contributed by atoms with Crippen LogP contribution in [0.1, 0.15) is 37.1 Å². The molecule has 0 spiro atoms. The number of aryl methyl sites for hydroxylation is 1. The Bertz CT molecular complexity index is 444. The van der Waals surface area contributed by atoms with Crippen molar-refractivity contribution in [2.45, 2.75) is 33.1 Å². The van der Waals surface area contributed by atoms with Crippen LogP contribution >= 0.6 is 11.6 Å². The van der Waals surface area contributed by atoms with Gasteiger partial charge in [-0.15, -0.1) is 0 Å². The first-order chi connectivity index (χ1) is 7.02. The number of hydrogen-bond acceptors (Lipinski definition) is 2. The van der Waals surface area contributed by atoms with Gasteiger partial charge in [0.05, 0.1) is 5.56 Å². The first-order valence-corrected chi connectivity index (χ1v) is 5.48. The SMILES string of the molecule is CC1(C)CCc2nc(Cl)c(C#N)cc2C1. The molecular weight excluding hydrogens is 208 g/mol. The number of nitrogens with zero attached hydrogens (tertiary/aromatic N) is 2. The Morgan fingerprint density at radius 1 is 1.53 bits per heavy atom. The highest BCUT2D eigenvalue weighted by Gasteiger charge is 2.26. The van der Waals surface area contributed by atoms with Crippen molar-refractivity contribution in [1.29, 1.82) is 5.26 Å². The summed E-state index contributed by atoms with van der Waals surface area (Å²) in [6, 6.07) is 3.97. The second-order valence-corrected chi connectivity index (χ2v) is 5.24. The zero-order valence-electron chi connectivity index (χ0n) is 8.97. The zero-order valence-corrected chi connectivity index (χ0v) is 9.73. The van der Waals surface area contributed by atoms with Gasteiger partial charge in [0.2, 0.25) is 0 Å². The lowest BCUT2D eigenvalue weighted by atomic mass is 9.76. The average Bonchev–Trinajstić information content (AvgIpc) is 2.17. The van der Waals surface area contributed by atoms with E-state index in [0.29, 0.717) is 16.1 Å². The minimum atomic E-state index is 0.315. The van der Waals surface area contributed by atoms with Crippen LogP contribution in [-0.2, 0) is 12.8 Å². The summed E-state index contributed by atoms with van der Waals surface area (Å²) in [6.07, 6.45) is 3.09. The summed E-state index contributed by atoms with van der Waals surface area (Å²) in [7, 11) is 0. The van der Waals surface area contributed by atoms with Gasteiger partial charge < -0.3 is 0 Å². The fourth-order valence-corrected chi connectivity index (χ4v) is 2.28. The van der Waals surface area contributed by atoms with Gasteiger partial charge in [-0.3, -0.25) is 0 Å². The van der Waals surface area contributed by atoms with Gasteiger partial charge in [0.15, 0.2) is 0 Å². The Morgan fingerprint density at radius 3 is 2.93 bits per heavy atom. The molecule has 0 fully saturated rings. The maximum atomic E-state index is 8.88. The van der Waals surface area contributed by atoms with E-state index in [0.717, 1.165) is 25.0 Å². The van der Waals surface area contributed by atoms with Gasteiger partial charge in [0.25, 0.3) is 0 Å². The minimum absolute atomic E-state index is 0.315. The van der Waals surface area contributed by atoms with Crippen LogP contribution in [0.25, 0.3) is 0 Å². The normalized spacial score (nSPS) is 18.0. The van der Waals surface area contributed by atoms with E-state index in [2.05, 4.69) is 24.9 Å². The number of nitriles is 1. The maximum Gasteiger partial charge on any atom is 0.147 e. The number of pyridine rings is 1. The molecule has 0 aliphatic heterocycles. The summed E-state index contributed by atoms with van der Waals surface area (Å²) >= 11 is 5.90. The van der Waals surface area contributed by atoms with E-state index in [-0.39, 0.29) is 0 Å². The van der Waals surface area contributed by atoms with Crippen molar-refractivity contribution >= 4 is 11.6 Å². The predicted molar refractivity (Wildman–Crippen MR) is 59.8 cm³/mol. The Balaban J connectivity index is 2.47.